The molecule has 26 heavy (non-hydrogen) atoms. The van der Waals surface area contributed by atoms with Crippen LogP contribution in [-0.4, -0.2) is 42.5 Å². The molecule has 0 unspecified atom stereocenters. The summed E-state index contributed by atoms with van der Waals surface area (Å²) in [7, 11) is -0.879. The topological polar surface area (TPSA) is 15.3 Å². The summed E-state index contributed by atoms with van der Waals surface area (Å²) in [5.74, 6) is 0. The van der Waals surface area contributed by atoms with Crippen molar-refractivity contribution < 1.29 is 13.2 Å². The van der Waals surface area contributed by atoms with Crippen molar-refractivity contribution in [3.8, 4) is 0 Å². The number of unbranched alkanes of at least 4 members (excludes halogenated alkanes) is 4. The van der Waals surface area contributed by atoms with Crippen LogP contribution in [0.2, 0.25) is 0 Å². The molecule has 0 radical (unpaired) electrons. The SMILES string of the molecule is CCCC[PH](CCCC)(CCCC)CCCC.FC(F)(F)N1C=CCN1. The molecule has 1 aliphatic rings. The van der Waals surface area contributed by atoms with Crippen molar-refractivity contribution in [3.05, 3.63) is 12.3 Å². The first-order valence-electron chi connectivity index (χ1n) is 10.6. The minimum atomic E-state index is -4.28. The fourth-order valence-corrected chi connectivity index (χ4v) is 9.41. The Balaban J connectivity index is 0.000000577. The molecule has 0 aromatic carbocycles. The molecule has 1 rings (SSSR count). The molecule has 0 saturated carbocycles. The zero-order chi connectivity index (χ0) is 19.9. The molecule has 158 valence electrons. The van der Waals surface area contributed by atoms with Gasteiger partial charge in [0.15, 0.2) is 0 Å². The summed E-state index contributed by atoms with van der Waals surface area (Å²) >= 11 is 0. The zero-order valence-corrected chi connectivity index (χ0v) is 18.4. The normalized spacial score (nSPS) is 15.1. The Kier molecular flexibility index (Phi) is 14.6. The molecular formula is C20H42F3N2P. The van der Waals surface area contributed by atoms with Gasteiger partial charge in [0.05, 0.1) is 0 Å². The van der Waals surface area contributed by atoms with Gasteiger partial charge in [-0.15, -0.1) is 13.2 Å². The summed E-state index contributed by atoms with van der Waals surface area (Å²) < 4.78 is 34.7. The van der Waals surface area contributed by atoms with E-state index in [4.69, 9.17) is 0 Å². The molecule has 6 heteroatoms. The van der Waals surface area contributed by atoms with Crippen LogP contribution in [-0.2, 0) is 0 Å². The van der Waals surface area contributed by atoms with Crippen LogP contribution in [0.3, 0.4) is 0 Å². The Labute approximate surface area is 160 Å². The Morgan fingerprint density at radius 2 is 1.19 bits per heavy atom. The van der Waals surface area contributed by atoms with Crippen molar-refractivity contribution in [2.24, 2.45) is 0 Å². The number of hydrazine groups is 1. The van der Waals surface area contributed by atoms with Crippen molar-refractivity contribution in [1.82, 2.24) is 10.4 Å². The maximum absolute atomic E-state index is 11.6. The minimum Gasteiger partial charge on any atom is -0.224 e. The zero-order valence-electron chi connectivity index (χ0n) is 17.4. The number of hydrogen-bond donors (Lipinski definition) is 1. The largest absolute Gasteiger partial charge is 0.498 e. The molecule has 0 saturated heterocycles. The van der Waals surface area contributed by atoms with Crippen molar-refractivity contribution in [1.29, 1.82) is 0 Å². The summed E-state index contributed by atoms with van der Waals surface area (Å²) in [5, 5.41) is 0.118. The van der Waals surface area contributed by atoms with Gasteiger partial charge in [0.2, 0.25) is 0 Å². The van der Waals surface area contributed by atoms with Gasteiger partial charge in [0.1, 0.15) is 0 Å². The predicted molar refractivity (Wildman–Crippen MR) is 112 cm³/mol. The number of nitrogens with one attached hydrogen (secondary N) is 1. The Hall–Kier alpha value is -0.280. The summed E-state index contributed by atoms with van der Waals surface area (Å²) in [6.45, 7) is 9.69. The number of rotatable bonds is 12. The fraction of sp³-hybridized carbons (Fsp3) is 0.900. The Morgan fingerprint density at radius 3 is 1.38 bits per heavy atom. The number of nitrogens with zero attached hydrogens (tertiary/aromatic N) is 1. The van der Waals surface area contributed by atoms with E-state index in [0.29, 0.717) is 0 Å². The van der Waals surface area contributed by atoms with Crippen LogP contribution in [0, 0.1) is 0 Å². The van der Waals surface area contributed by atoms with E-state index >= 15 is 0 Å². The molecule has 2 nitrogen and oxygen atoms in total. The predicted octanol–water partition coefficient (Wildman–Crippen LogP) is 6.78. The van der Waals surface area contributed by atoms with Gasteiger partial charge < -0.3 is 0 Å². The van der Waals surface area contributed by atoms with E-state index in [0.717, 1.165) is 6.20 Å². The molecule has 0 aromatic heterocycles. The monoisotopic (exact) mass is 398 g/mol. The molecule has 0 amide bonds. The molecule has 0 aliphatic carbocycles. The van der Waals surface area contributed by atoms with Crippen molar-refractivity contribution in [2.75, 3.05) is 31.2 Å². The smallest absolute Gasteiger partial charge is 0.224 e. The van der Waals surface area contributed by atoms with E-state index < -0.39 is 13.6 Å². The molecule has 1 N–H and O–H groups in total. The molecule has 0 atom stereocenters. The van der Waals surface area contributed by atoms with Crippen LogP contribution < -0.4 is 5.43 Å². The average molecular weight is 399 g/mol. The average Bonchev–Trinajstić information content (AvgIpc) is 3.16. The van der Waals surface area contributed by atoms with Gasteiger partial charge in [-0.25, -0.2) is 10.4 Å². The maximum Gasteiger partial charge on any atom is 0.498 e. The second-order valence-corrected chi connectivity index (χ2v) is 12.5. The van der Waals surface area contributed by atoms with Gasteiger partial charge >= 0.3 is 117 Å². The first kappa shape index (κ1) is 25.7. The number of hydrogen-bond acceptors (Lipinski definition) is 2. The second kappa shape index (κ2) is 14.7. The van der Waals surface area contributed by atoms with Crippen LogP contribution in [0.1, 0.15) is 79.1 Å². The Bertz CT molecular complexity index is 322. The first-order valence-corrected chi connectivity index (χ1v) is 13.4. The van der Waals surface area contributed by atoms with E-state index in [2.05, 4.69) is 33.1 Å². The van der Waals surface area contributed by atoms with Crippen LogP contribution in [0.4, 0.5) is 13.2 Å². The van der Waals surface area contributed by atoms with E-state index in [1.807, 2.05) is 0 Å². The van der Waals surface area contributed by atoms with E-state index in [1.54, 1.807) is 24.6 Å². The van der Waals surface area contributed by atoms with E-state index in [9.17, 15) is 13.2 Å². The summed E-state index contributed by atoms with van der Waals surface area (Å²) in [6, 6.07) is 0. The minimum absolute atomic E-state index is 0.118. The molecule has 0 fully saturated rings. The molecule has 0 spiro atoms. The maximum atomic E-state index is 11.6. The molecule has 0 bridgehead atoms. The summed E-state index contributed by atoms with van der Waals surface area (Å²) in [4.78, 5) is 0. The van der Waals surface area contributed by atoms with Crippen LogP contribution in [0.25, 0.3) is 0 Å². The standard InChI is InChI=1S/C16H37P.C4H5F3N2/c1-5-9-13-17(14-10-6-2,15-11-7-3)16-12-8-4;5-4(6,7)9-3-1-2-8-9/h17H,5-16H2,1-4H3;1,3,8H,2H2. The summed E-state index contributed by atoms with van der Waals surface area (Å²) in [5.41, 5.74) is 2.09. The summed E-state index contributed by atoms with van der Waals surface area (Å²) in [6.07, 6.45) is 16.2. The van der Waals surface area contributed by atoms with Gasteiger partial charge in [-0.1, -0.05) is 6.08 Å². The van der Waals surface area contributed by atoms with Gasteiger partial charge in [-0.2, -0.15) is 0 Å². The molecular weight excluding hydrogens is 356 g/mol. The second-order valence-electron chi connectivity index (χ2n) is 7.50. The van der Waals surface area contributed by atoms with Crippen LogP contribution in [0.15, 0.2) is 12.3 Å². The van der Waals surface area contributed by atoms with Crippen molar-refractivity contribution in [3.63, 3.8) is 0 Å². The fourth-order valence-electron chi connectivity index (χ4n) is 3.49. The van der Waals surface area contributed by atoms with Gasteiger partial charge in [0, 0.05) is 12.7 Å². The van der Waals surface area contributed by atoms with Crippen LogP contribution in [0.5, 0.6) is 0 Å². The third kappa shape index (κ3) is 11.4. The van der Waals surface area contributed by atoms with E-state index in [1.165, 1.54) is 57.4 Å². The third-order valence-corrected chi connectivity index (χ3v) is 10.8. The number of halogens is 3. The van der Waals surface area contributed by atoms with Gasteiger partial charge in [-0.05, 0) is 0 Å². The van der Waals surface area contributed by atoms with Gasteiger partial charge in [-0.3, -0.25) is 0 Å². The quantitative estimate of drug-likeness (QED) is 0.288. The molecule has 1 heterocycles. The third-order valence-electron chi connectivity index (χ3n) is 5.15. The van der Waals surface area contributed by atoms with Crippen LogP contribution >= 0.6 is 7.26 Å². The number of alkyl halides is 3. The first-order chi connectivity index (χ1) is 12.3. The van der Waals surface area contributed by atoms with Gasteiger partial charge in [0.25, 0.3) is 0 Å². The molecule has 0 aromatic rings. The van der Waals surface area contributed by atoms with Crippen molar-refractivity contribution in [2.45, 2.75) is 85.4 Å². The van der Waals surface area contributed by atoms with Crippen molar-refractivity contribution >= 4 is 7.26 Å². The van der Waals surface area contributed by atoms with E-state index in [-0.39, 0.29) is 11.6 Å². The molecule has 1 aliphatic heterocycles. The Morgan fingerprint density at radius 1 is 0.808 bits per heavy atom.